The van der Waals surface area contributed by atoms with Gasteiger partial charge in [-0.3, -0.25) is 4.40 Å². The third kappa shape index (κ3) is 3.42. The fourth-order valence-corrected chi connectivity index (χ4v) is 2.04. The number of fused-ring (bicyclic) bond motifs is 1. The molecule has 10 heteroatoms. The lowest BCUT2D eigenvalue weighted by Gasteiger charge is -2.19. The lowest BCUT2D eigenvalue weighted by molar-refractivity contribution is -0.137. The van der Waals surface area contributed by atoms with Gasteiger partial charge in [-0.05, 0) is 19.9 Å². The third-order valence-corrected chi connectivity index (χ3v) is 3.19. The number of hydrogen-bond donors (Lipinski definition) is 2. The number of hydrogen-bond acceptors (Lipinski definition) is 5. The van der Waals surface area contributed by atoms with Gasteiger partial charge in [0, 0.05) is 12.8 Å². The molecule has 0 saturated heterocycles. The van der Waals surface area contributed by atoms with Crippen LogP contribution in [0.25, 0.3) is 5.65 Å². The number of rotatable bonds is 5. The van der Waals surface area contributed by atoms with Crippen molar-refractivity contribution in [2.24, 2.45) is 0 Å². The van der Waals surface area contributed by atoms with Crippen LogP contribution in [0.1, 0.15) is 19.4 Å². The van der Waals surface area contributed by atoms with E-state index < -0.39 is 24.1 Å². The maximum Gasteiger partial charge on any atom is 0.417 e. The Labute approximate surface area is 128 Å². The average Bonchev–Trinajstić information content (AvgIpc) is 2.82. The second kappa shape index (κ2) is 6.27. The topological polar surface area (TPSA) is 71.7 Å². The van der Waals surface area contributed by atoms with E-state index in [4.69, 9.17) is 16.3 Å². The molecular weight excluding hydrogens is 325 g/mol. The Kier molecular flexibility index (Phi) is 4.78. The van der Waals surface area contributed by atoms with Crippen molar-refractivity contribution in [3.05, 3.63) is 22.8 Å². The largest absolute Gasteiger partial charge is 0.417 e. The van der Waals surface area contributed by atoms with Crippen LogP contribution in [0.2, 0.25) is 5.02 Å². The summed E-state index contributed by atoms with van der Waals surface area (Å²) in [5.41, 5.74) is -0.846. The zero-order chi connectivity index (χ0) is 16.5. The first kappa shape index (κ1) is 16.8. The predicted molar refractivity (Wildman–Crippen MR) is 73.7 cm³/mol. The van der Waals surface area contributed by atoms with E-state index in [-0.39, 0.29) is 23.2 Å². The van der Waals surface area contributed by atoms with Crippen LogP contribution < -0.4 is 5.32 Å². The molecule has 0 bridgehead atoms. The summed E-state index contributed by atoms with van der Waals surface area (Å²) in [4.78, 5) is 0. The van der Waals surface area contributed by atoms with Crippen molar-refractivity contribution in [3.8, 4) is 0 Å². The summed E-state index contributed by atoms with van der Waals surface area (Å²) in [6.45, 7) is 3.59. The molecule has 2 unspecified atom stereocenters. The van der Waals surface area contributed by atoms with E-state index in [0.29, 0.717) is 0 Å². The minimum Gasteiger partial charge on any atom is -0.366 e. The Morgan fingerprint density at radius 2 is 2.14 bits per heavy atom. The van der Waals surface area contributed by atoms with E-state index in [2.05, 4.69) is 15.5 Å². The Balaban J connectivity index is 2.37. The van der Waals surface area contributed by atoms with Gasteiger partial charge in [-0.15, -0.1) is 10.2 Å². The van der Waals surface area contributed by atoms with Gasteiger partial charge in [0.05, 0.1) is 16.6 Å². The number of aromatic nitrogens is 3. The maximum absolute atomic E-state index is 12.8. The maximum atomic E-state index is 12.8. The molecule has 0 aliphatic heterocycles. The van der Waals surface area contributed by atoms with Crippen molar-refractivity contribution in [2.75, 3.05) is 11.9 Å². The van der Waals surface area contributed by atoms with Crippen LogP contribution >= 0.6 is 11.6 Å². The summed E-state index contributed by atoms with van der Waals surface area (Å²) < 4.78 is 44.6. The highest BCUT2D eigenvalue weighted by Crippen LogP contribution is 2.32. The number of aliphatic hydroxyl groups is 1. The molecule has 0 radical (unpaired) electrons. The summed E-state index contributed by atoms with van der Waals surface area (Å²) in [6.07, 6.45) is -4.85. The molecule has 0 aromatic carbocycles. The second-order valence-electron chi connectivity index (χ2n) is 4.57. The van der Waals surface area contributed by atoms with Crippen LogP contribution in [0.15, 0.2) is 12.3 Å². The van der Waals surface area contributed by atoms with E-state index in [9.17, 15) is 18.3 Å². The Bertz CT molecular complexity index is 662. The first-order chi connectivity index (χ1) is 10.2. The zero-order valence-electron chi connectivity index (χ0n) is 11.7. The van der Waals surface area contributed by atoms with Crippen molar-refractivity contribution in [1.29, 1.82) is 0 Å². The van der Waals surface area contributed by atoms with Gasteiger partial charge in [0.2, 0.25) is 5.95 Å². The molecule has 0 fully saturated rings. The fourth-order valence-electron chi connectivity index (χ4n) is 1.80. The molecule has 2 aromatic rings. The lowest BCUT2D eigenvalue weighted by Crippen LogP contribution is -2.33. The average molecular weight is 339 g/mol. The van der Waals surface area contributed by atoms with Crippen molar-refractivity contribution in [1.82, 2.24) is 14.6 Å². The number of halogens is 4. The van der Waals surface area contributed by atoms with Gasteiger partial charge in [0.15, 0.2) is 11.9 Å². The Hall–Kier alpha value is -1.58. The van der Waals surface area contributed by atoms with Gasteiger partial charge in [0.25, 0.3) is 0 Å². The smallest absolute Gasteiger partial charge is 0.366 e. The van der Waals surface area contributed by atoms with Crippen LogP contribution in [0.4, 0.5) is 19.1 Å². The van der Waals surface area contributed by atoms with Crippen molar-refractivity contribution < 1.29 is 23.0 Å². The van der Waals surface area contributed by atoms with Crippen LogP contribution in [0.3, 0.4) is 0 Å². The first-order valence-corrected chi connectivity index (χ1v) is 6.79. The third-order valence-electron chi connectivity index (χ3n) is 2.91. The fraction of sp³-hybridized carbons (Fsp3) is 0.500. The van der Waals surface area contributed by atoms with E-state index >= 15 is 0 Å². The van der Waals surface area contributed by atoms with E-state index in [1.165, 1.54) is 0 Å². The summed E-state index contributed by atoms with van der Waals surface area (Å²) >= 11 is 5.81. The van der Waals surface area contributed by atoms with Crippen LogP contribution in [0.5, 0.6) is 0 Å². The van der Waals surface area contributed by atoms with Gasteiger partial charge in [-0.1, -0.05) is 11.6 Å². The summed E-state index contributed by atoms with van der Waals surface area (Å²) in [5, 5.41) is 19.7. The summed E-state index contributed by atoms with van der Waals surface area (Å²) in [7, 11) is 0. The van der Waals surface area contributed by atoms with Crippen molar-refractivity contribution >= 4 is 23.2 Å². The predicted octanol–water partition coefficient (Wildman–Crippen LogP) is 2.56. The number of aliphatic hydroxyl groups excluding tert-OH is 1. The molecular formula is C12H14ClF3N4O2. The number of ether oxygens (including phenoxy) is 1. The SMILES string of the molecule is CCOC(O)C(C)Nc1nnc2c(Cl)cc(C(F)(F)F)cn12. The van der Waals surface area contributed by atoms with Gasteiger partial charge in [-0.2, -0.15) is 13.2 Å². The molecule has 0 aliphatic rings. The molecule has 122 valence electrons. The highest BCUT2D eigenvalue weighted by Gasteiger charge is 2.32. The molecule has 0 saturated carbocycles. The second-order valence-corrected chi connectivity index (χ2v) is 4.98. The number of nitrogens with zero attached hydrogens (tertiary/aromatic N) is 3. The van der Waals surface area contributed by atoms with Crippen molar-refractivity contribution in [2.45, 2.75) is 32.4 Å². The highest BCUT2D eigenvalue weighted by molar-refractivity contribution is 6.33. The summed E-state index contributed by atoms with van der Waals surface area (Å²) in [5.74, 6) is 0.0225. The molecule has 2 aromatic heterocycles. The van der Waals surface area contributed by atoms with Gasteiger partial charge >= 0.3 is 6.18 Å². The number of alkyl halides is 3. The molecule has 2 rings (SSSR count). The van der Waals surface area contributed by atoms with Crippen LogP contribution in [0, 0.1) is 0 Å². The molecule has 0 spiro atoms. The molecule has 0 amide bonds. The van der Waals surface area contributed by atoms with E-state index in [0.717, 1.165) is 16.7 Å². The van der Waals surface area contributed by atoms with Crippen LogP contribution in [-0.2, 0) is 10.9 Å². The first-order valence-electron chi connectivity index (χ1n) is 6.41. The Morgan fingerprint density at radius 3 is 2.73 bits per heavy atom. The van der Waals surface area contributed by atoms with E-state index in [1.807, 2.05) is 0 Å². The van der Waals surface area contributed by atoms with Gasteiger partial charge in [0.1, 0.15) is 0 Å². The minimum absolute atomic E-state index is 0.0225. The lowest BCUT2D eigenvalue weighted by atomic mass is 10.3. The molecule has 22 heavy (non-hydrogen) atoms. The molecule has 2 atom stereocenters. The zero-order valence-corrected chi connectivity index (χ0v) is 12.5. The summed E-state index contributed by atoms with van der Waals surface area (Å²) in [6, 6.07) is 0.175. The van der Waals surface area contributed by atoms with Gasteiger partial charge in [-0.25, -0.2) is 0 Å². The Morgan fingerprint density at radius 1 is 1.45 bits per heavy atom. The number of nitrogens with one attached hydrogen (secondary N) is 1. The number of anilines is 1. The quantitative estimate of drug-likeness (QED) is 0.820. The molecule has 0 aliphatic carbocycles. The molecule has 2 N–H and O–H groups in total. The monoisotopic (exact) mass is 338 g/mol. The van der Waals surface area contributed by atoms with E-state index in [1.54, 1.807) is 13.8 Å². The molecule has 2 heterocycles. The number of pyridine rings is 1. The molecule has 6 nitrogen and oxygen atoms in total. The normalized spacial score (nSPS) is 15.0. The standard InChI is InChI=1S/C12H14ClF3N4O2/c1-3-22-10(21)6(2)17-11-19-18-9-8(13)4-7(5-20(9)11)12(14,15)16/h4-6,10,21H,3H2,1-2H3,(H,17,19). The van der Waals surface area contributed by atoms with Crippen LogP contribution in [-0.4, -0.2) is 38.6 Å². The van der Waals surface area contributed by atoms with Gasteiger partial charge < -0.3 is 15.2 Å². The van der Waals surface area contributed by atoms with Crippen molar-refractivity contribution in [3.63, 3.8) is 0 Å². The minimum atomic E-state index is -4.55. The highest BCUT2D eigenvalue weighted by atomic mass is 35.5.